The van der Waals surface area contributed by atoms with Crippen LogP contribution in [0.3, 0.4) is 0 Å². The first kappa shape index (κ1) is 29.5. The highest BCUT2D eigenvalue weighted by Gasteiger charge is 2.51. The van der Waals surface area contributed by atoms with Crippen LogP contribution in [0.2, 0.25) is 0 Å². The van der Waals surface area contributed by atoms with Gasteiger partial charge in [-0.15, -0.1) is 0 Å². The molecular weight excluding hydrogens is 661 g/mol. The molecule has 0 saturated heterocycles. The predicted molar refractivity (Wildman–Crippen MR) is 219 cm³/mol. The lowest BCUT2D eigenvalue weighted by Crippen LogP contribution is -2.38. The molecular formula is C50H36N2O2. The Kier molecular flexibility index (Phi) is 5.21. The third-order valence-electron chi connectivity index (χ3n) is 14.4. The average molecular weight is 697 g/mol. The highest BCUT2D eigenvalue weighted by molar-refractivity contribution is 6.29. The number of hydrogen-bond donors (Lipinski definition) is 2. The number of benzene rings is 6. The average Bonchev–Trinajstić information content (AvgIpc) is 3.90. The molecule has 0 aromatic heterocycles. The van der Waals surface area contributed by atoms with Gasteiger partial charge >= 0.3 is 0 Å². The largest absolute Gasteiger partial charge is 0.506 e. The number of nitrogens with zero attached hydrogens (tertiary/aromatic N) is 1. The van der Waals surface area contributed by atoms with Crippen LogP contribution in [0.15, 0.2) is 136 Å². The van der Waals surface area contributed by atoms with Crippen LogP contribution in [-0.4, -0.2) is 16.6 Å². The number of anilines is 1. The van der Waals surface area contributed by atoms with Gasteiger partial charge in [0.05, 0.1) is 28.2 Å². The van der Waals surface area contributed by atoms with Crippen molar-refractivity contribution in [3.8, 4) is 44.5 Å². The monoisotopic (exact) mass is 696 g/mol. The maximum atomic E-state index is 14.6. The molecule has 4 heteroatoms. The van der Waals surface area contributed by atoms with Gasteiger partial charge in [-0.1, -0.05) is 84.9 Å². The summed E-state index contributed by atoms with van der Waals surface area (Å²) in [6.45, 7) is 4.64. The number of fused-ring (bicyclic) bond motifs is 14. The second kappa shape index (κ2) is 9.56. The molecule has 0 radical (unpaired) electrons. The fraction of sp³-hybridized carbons (Fsp3) is 0.200. The molecule has 2 unspecified atom stereocenters. The Morgan fingerprint density at radius 2 is 1.17 bits per heavy atom. The molecule has 1 fully saturated rings. The van der Waals surface area contributed by atoms with Gasteiger partial charge in [0.1, 0.15) is 5.76 Å². The number of nitrogens with one attached hydrogen (secondary N) is 1. The maximum Gasteiger partial charge on any atom is 0.201 e. The van der Waals surface area contributed by atoms with Gasteiger partial charge in [0.25, 0.3) is 0 Å². The van der Waals surface area contributed by atoms with Crippen LogP contribution in [0.1, 0.15) is 63.5 Å². The van der Waals surface area contributed by atoms with Gasteiger partial charge in [-0.3, -0.25) is 9.79 Å². The fourth-order valence-corrected chi connectivity index (χ4v) is 11.9. The van der Waals surface area contributed by atoms with E-state index in [2.05, 4.69) is 116 Å². The number of hydrogen-bond acceptors (Lipinski definition) is 4. The molecule has 0 spiro atoms. The van der Waals surface area contributed by atoms with Crippen molar-refractivity contribution in [1.29, 1.82) is 0 Å². The van der Waals surface area contributed by atoms with E-state index in [1.807, 2.05) is 0 Å². The molecule has 0 amide bonds. The van der Waals surface area contributed by atoms with Crippen LogP contribution >= 0.6 is 0 Å². The Labute approximate surface area is 313 Å². The minimum atomic E-state index is -0.328. The molecule has 2 N–H and O–H groups in total. The van der Waals surface area contributed by atoms with E-state index in [4.69, 9.17) is 4.99 Å². The van der Waals surface area contributed by atoms with E-state index in [-0.39, 0.29) is 22.4 Å². The third kappa shape index (κ3) is 3.22. The lowest BCUT2D eigenvalue weighted by Gasteiger charge is -2.38. The lowest BCUT2D eigenvalue weighted by molar-refractivity contribution is -0.113. The third-order valence-corrected chi connectivity index (χ3v) is 14.4. The van der Waals surface area contributed by atoms with Gasteiger partial charge in [0.15, 0.2) is 0 Å². The van der Waals surface area contributed by atoms with Crippen molar-refractivity contribution >= 4 is 44.4 Å². The van der Waals surface area contributed by atoms with Crippen LogP contribution in [0.5, 0.6) is 0 Å². The zero-order valence-corrected chi connectivity index (χ0v) is 30.3. The van der Waals surface area contributed by atoms with Crippen molar-refractivity contribution < 1.29 is 9.90 Å². The van der Waals surface area contributed by atoms with Crippen LogP contribution in [-0.2, 0) is 15.6 Å². The van der Waals surface area contributed by atoms with E-state index in [1.165, 1.54) is 77.2 Å². The standard InChI is InChI=1S/C50H36N2O2/c1-49-21-9-19-33(47(49)51-43-31-17-7-15-29-25-11-3-5-13-27(25)35(39(29)31)23-37(43)49)41-45(53)42(46(41)54)34-20-10-22-50(2)38-24-36-28-14-6-4-12-26(28)30-16-8-18-32(40(30)36)44(38)52-48(34)50/h3-8,11-18,23-24,51,53H,9-10,19-22H2,1-2H3. The first-order chi connectivity index (χ1) is 26.4. The summed E-state index contributed by atoms with van der Waals surface area (Å²) in [4.78, 5) is 20.1. The molecule has 2 heterocycles. The summed E-state index contributed by atoms with van der Waals surface area (Å²) in [6, 6.07) is 35.5. The Morgan fingerprint density at radius 3 is 1.83 bits per heavy atom. The predicted octanol–water partition coefficient (Wildman–Crippen LogP) is 12.3. The van der Waals surface area contributed by atoms with Gasteiger partial charge < -0.3 is 10.4 Å². The van der Waals surface area contributed by atoms with Crippen LogP contribution < -0.4 is 5.32 Å². The molecule has 258 valence electrons. The van der Waals surface area contributed by atoms with E-state index in [0.29, 0.717) is 11.1 Å². The number of Topliss-reactive ketones (excluding diaryl/α,β-unsaturated/α-hetero) is 1. The summed E-state index contributed by atoms with van der Waals surface area (Å²) >= 11 is 0. The van der Waals surface area contributed by atoms with Gasteiger partial charge in [-0.05, 0) is 142 Å². The van der Waals surface area contributed by atoms with Gasteiger partial charge in [-0.25, -0.2) is 0 Å². The van der Waals surface area contributed by atoms with Crippen molar-refractivity contribution in [2.75, 3.05) is 5.32 Å². The summed E-state index contributed by atoms with van der Waals surface area (Å²) < 4.78 is 0. The molecule has 54 heavy (non-hydrogen) atoms. The molecule has 4 nitrogen and oxygen atoms in total. The molecule has 6 aromatic rings. The second-order valence-corrected chi connectivity index (χ2v) is 16.9. The molecule has 13 rings (SSSR count). The van der Waals surface area contributed by atoms with Gasteiger partial charge in [0.2, 0.25) is 5.78 Å². The molecule has 0 bridgehead atoms. The smallest absolute Gasteiger partial charge is 0.201 e. The molecule has 2 aliphatic heterocycles. The van der Waals surface area contributed by atoms with Crippen LogP contribution in [0.25, 0.3) is 66.1 Å². The number of carbonyl (C=O) groups is 1. The summed E-state index contributed by atoms with van der Waals surface area (Å²) in [7, 11) is 0. The van der Waals surface area contributed by atoms with Gasteiger partial charge in [-0.2, -0.15) is 0 Å². The first-order valence-corrected chi connectivity index (χ1v) is 19.6. The first-order valence-electron chi connectivity index (χ1n) is 19.6. The molecule has 7 aliphatic rings. The number of aliphatic hydroxyl groups is 1. The van der Waals surface area contributed by atoms with E-state index >= 15 is 0 Å². The zero-order chi connectivity index (χ0) is 35.8. The number of ketones is 1. The minimum absolute atomic E-state index is 0.0272. The summed E-state index contributed by atoms with van der Waals surface area (Å²) in [6.07, 6.45) is 5.36. The summed E-state index contributed by atoms with van der Waals surface area (Å²) in [5.74, 6) is 0.133. The fourth-order valence-electron chi connectivity index (χ4n) is 11.9. The molecule has 2 atom stereocenters. The topological polar surface area (TPSA) is 61.7 Å². The molecule has 1 saturated carbocycles. The minimum Gasteiger partial charge on any atom is -0.506 e. The molecule has 6 aromatic carbocycles. The van der Waals surface area contributed by atoms with Crippen molar-refractivity contribution in [3.63, 3.8) is 0 Å². The van der Waals surface area contributed by atoms with E-state index in [9.17, 15) is 9.90 Å². The number of carbonyl (C=O) groups excluding carboxylic acids is 1. The van der Waals surface area contributed by atoms with E-state index < -0.39 is 0 Å². The van der Waals surface area contributed by atoms with Crippen LogP contribution in [0.4, 0.5) is 11.4 Å². The normalized spacial score (nSPS) is 24.9. The SMILES string of the molecule is CC12CCCC(=C3C(=O)C(C4=C5Nc6c(cc7c8c(cccc68)-c6ccccc6-7)C5(C)CCC4)=C3O)C1=Nc1c2cc2c3c(cccc13)-c1ccccc1-2. The Morgan fingerprint density at radius 1 is 0.611 bits per heavy atom. The second-order valence-electron chi connectivity index (χ2n) is 16.9. The van der Waals surface area contributed by atoms with Crippen LogP contribution in [0, 0.1) is 0 Å². The quantitative estimate of drug-likeness (QED) is 0.168. The van der Waals surface area contributed by atoms with Crippen molar-refractivity contribution in [1.82, 2.24) is 0 Å². The maximum absolute atomic E-state index is 14.6. The van der Waals surface area contributed by atoms with Crippen molar-refractivity contribution in [3.05, 3.63) is 142 Å². The highest BCUT2D eigenvalue weighted by atomic mass is 16.3. The van der Waals surface area contributed by atoms with E-state index in [0.717, 1.165) is 72.5 Å². The number of rotatable bonds is 1. The number of aliphatic hydroxyl groups excluding tert-OH is 1. The van der Waals surface area contributed by atoms with Gasteiger partial charge in [0, 0.05) is 27.3 Å². The Balaban J connectivity index is 0.958. The number of allylic oxidation sites excluding steroid dienone is 5. The molecule has 5 aliphatic carbocycles. The Bertz CT molecular complexity index is 3030. The van der Waals surface area contributed by atoms with Crippen molar-refractivity contribution in [2.24, 2.45) is 4.99 Å². The Hall–Kier alpha value is -6.00. The summed E-state index contributed by atoms with van der Waals surface area (Å²) in [5.41, 5.74) is 19.4. The van der Waals surface area contributed by atoms with Crippen molar-refractivity contribution in [2.45, 2.75) is 63.2 Å². The zero-order valence-electron chi connectivity index (χ0n) is 30.3. The van der Waals surface area contributed by atoms with E-state index in [1.54, 1.807) is 0 Å². The highest BCUT2D eigenvalue weighted by Crippen LogP contribution is 2.61. The lowest BCUT2D eigenvalue weighted by atomic mass is 9.64. The summed E-state index contributed by atoms with van der Waals surface area (Å²) in [5, 5.41) is 21.0. The number of aliphatic imine (C=N–C) groups is 1.